The Morgan fingerprint density at radius 2 is 1.69 bits per heavy atom. The van der Waals surface area contributed by atoms with Crippen molar-refractivity contribution in [3.63, 3.8) is 0 Å². The number of nitrogens with zero attached hydrogens (tertiary/aromatic N) is 2. The summed E-state index contributed by atoms with van der Waals surface area (Å²) in [6.45, 7) is 6.41. The van der Waals surface area contributed by atoms with Crippen LogP contribution in [0.4, 0.5) is 11.4 Å². The molecular weight excluding hydrogens is 386 g/mol. The molecule has 2 fully saturated rings. The third-order valence-electron chi connectivity index (χ3n) is 5.63. The number of hydrogen-bond acceptors (Lipinski definition) is 4. The van der Waals surface area contributed by atoms with Crippen molar-refractivity contribution in [1.29, 1.82) is 0 Å². The van der Waals surface area contributed by atoms with Gasteiger partial charge in [0.05, 0.1) is 24.6 Å². The quantitative estimate of drug-likeness (QED) is 0.788. The monoisotopic (exact) mass is 413 g/mol. The van der Waals surface area contributed by atoms with E-state index in [-0.39, 0.29) is 5.91 Å². The topological polar surface area (TPSA) is 44.8 Å². The molecule has 0 aromatic heterocycles. The molecule has 0 spiro atoms. The molecule has 0 atom stereocenters. The number of carbonyl (C=O) groups is 1. The molecule has 154 valence electrons. The van der Waals surface area contributed by atoms with E-state index >= 15 is 0 Å². The lowest BCUT2D eigenvalue weighted by Crippen LogP contribution is -2.35. The number of morpholine rings is 1. The Kier molecular flexibility index (Phi) is 6.70. The van der Waals surface area contributed by atoms with E-state index < -0.39 is 0 Å². The Bertz CT molecular complexity index is 829. The molecule has 29 heavy (non-hydrogen) atoms. The lowest BCUT2D eigenvalue weighted by atomic mass is 10.1. The molecular formula is C23H28ClN3O2. The molecule has 5 nitrogen and oxygen atoms in total. The van der Waals surface area contributed by atoms with Crippen LogP contribution in [0, 0.1) is 0 Å². The average molecular weight is 414 g/mol. The van der Waals surface area contributed by atoms with E-state index in [0.29, 0.717) is 10.6 Å². The van der Waals surface area contributed by atoms with Crippen LogP contribution in [0.15, 0.2) is 42.5 Å². The van der Waals surface area contributed by atoms with Crippen LogP contribution in [0.3, 0.4) is 0 Å². The van der Waals surface area contributed by atoms with Gasteiger partial charge in [0.25, 0.3) is 5.91 Å². The number of benzene rings is 2. The first-order chi connectivity index (χ1) is 14.2. The highest BCUT2D eigenvalue weighted by molar-refractivity contribution is 6.31. The molecule has 2 heterocycles. The van der Waals surface area contributed by atoms with Crippen LogP contribution in [0.25, 0.3) is 0 Å². The van der Waals surface area contributed by atoms with Crippen LogP contribution >= 0.6 is 11.6 Å². The summed E-state index contributed by atoms with van der Waals surface area (Å²) in [5.74, 6) is -0.108. The van der Waals surface area contributed by atoms with E-state index in [1.54, 1.807) is 0 Å². The summed E-state index contributed by atoms with van der Waals surface area (Å²) in [6.07, 6.45) is 3.63. The number of carbonyl (C=O) groups excluding carboxylic acids is 1. The number of anilines is 2. The Balaban J connectivity index is 1.44. The fourth-order valence-corrected chi connectivity index (χ4v) is 4.16. The van der Waals surface area contributed by atoms with Crippen molar-refractivity contribution in [2.75, 3.05) is 49.6 Å². The van der Waals surface area contributed by atoms with E-state index in [1.807, 2.05) is 42.5 Å². The SMILES string of the molecule is O=C(Nc1cc(Cl)ccc1N1CCCCC1)c1ccc(CN2CCOCC2)cc1. The van der Waals surface area contributed by atoms with Crippen molar-refractivity contribution in [2.24, 2.45) is 0 Å². The summed E-state index contributed by atoms with van der Waals surface area (Å²) in [5.41, 5.74) is 3.69. The number of rotatable bonds is 5. The maximum Gasteiger partial charge on any atom is 0.255 e. The Morgan fingerprint density at radius 1 is 0.966 bits per heavy atom. The summed E-state index contributed by atoms with van der Waals surface area (Å²) >= 11 is 6.22. The van der Waals surface area contributed by atoms with Crippen LogP contribution in [0.1, 0.15) is 35.2 Å². The minimum atomic E-state index is -0.108. The Hall–Kier alpha value is -2.08. The van der Waals surface area contributed by atoms with Crippen molar-refractivity contribution in [1.82, 2.24) is 4.90 Å². The van der Waals surface area contributed by atoms with Gasteiger partial charge in [0, 0.05) is 43.3 Å². The number of ether oxygens (including phenoxy) is 1. The van der Waals surface area contributed by atoms with Gasteiger partial charge in [0.2, 0.25) is 0 Å². The van der Waals surface area contributed by atoms with E-state index in [0.717, 1.165) is 57.3 Å². The molecule has 0 saturated carbocycles. The zero-order valence-corrected chi connectivity index (χ0v) is 17.5. The molecule has 0 unspecified atom stereocenters. The van der Waals surface area contributed by atoms with E-state index in [4.69, 9.17) is 16.3 Å². The molecule has 6 heteroatoms. The second-order valence-corrected chi connectivity index (χ2v) is 8.19. The first-order valence-electron chi connectivity index (χ1n) is 10.4. The molecule has 2 aromatic rings. The van der Waals surface area contributed by atoms with Gasteiger partial charge >= 0.3 is 0 Å². The highest BCUT2D eigenvalue weighted by Crippen LogP contribution is 2.31. The van der Waals surface area contributed by atoms with Gasteiger partial charge < -0.3 is 15.0 Å². The normalized spacial score (nSPS) is 17.9. The second kappa shape index (κ2) is 9.61. The van der Waals surface area contributed by atoms with Crippen molar-refractivity contribution in [2.45, 2.75) is 25.8 Å². The van der Waals surface area contributed by atoms with Gasteiger partial charge in [-0.2, -0.15) is 0 Å². The van der Waals surface area contributed by atoms with Gasteiger partial charge in [-0.05, 0) is 55.2 Å². The molecule has 0 aliphatic carbocycles. The number of piperidine rings is 1. The molecule has 0 radical (unpaired) electrons. The van der Waals surface area contributed by atoms with Crippen LogP contribution in [-0.4, -0.2) is 50.2 Å². The zero-order chi connectivity index (χ0) is 20.1. The van der Waals surface area contributed by atoms with Gasteiger partial charge in [0.1, 0.15) is 0 Å². The number of amides is 1. The summed E-state index contributed by atoms with van der Waals surface area (Å²) in [7, 11) is 0. The maximum absolute atomic E-state index is 12.9. The number of halogens is 1. The van der Waals surface area contributed by atoms with E-state index in [2.05, 4.69) is 15.1 Å². The van der Waals surface area contributed by atoms with Crippen LogP contribution < -0.4 is 10.2 Å². The summed E-state index contributed by atoms with van der Waals surface area (Å²) in [5, 5.41) is 3.70. The lowest BCUT2D eigenvalue weighted by Gasteiger charge is -2.30. The summed E-state index contributed by atoms with van der Waals surface area (Å²) in [4.78, 5) is 17.6. The average Bonchev–Trinajstić information content (AvgIpc) is 2.76. The molecule has 0 bridgehead atoms. The number of hydrogen-bond donors (Lipinski definition) is 1. The Morgan fingerprint density at radius 3 is 2.41 bits per heavy atom. The zero-order valence-electron chi connectivity index (χ0n) is 16.7. The van der Waals surface area contributed by atoms with Gasteiger partial charge in [-0.25, -0.2) is 0 Å². The van der Waals surface area contributed by atoms with Crippen molar-refractivity contribution in [3.05, 3.63) is 58.6 Å². The smallest absolute Gasteiger partial charge is 0.255 e. The van der Waals surface area contributed by atoms with Gasteiger partial charge in [-0.15, -0.1) is 0 Å². The third kappa shape index (κ3) is 5.30. The van der Waals surface area contributed by atoms with Gasteiger partial charge in [0.15, 0.2) is 0 Å². The molecule has 2 aliphatic heterocycles. The minimum Gasteiger partial charge on any atom is -0.379 e. The fraction of sp³-hybridized carbons (Fsp3) is 0.435. The van der Waals surface area contributed by atoms with E-state index in [9.17, 15) is 4.79 Å². The first-order valence-corrected chi connectivity index (χ1v) is 10.8. The maximum atomic E-state index is 12.9. The van der Waals surface area contributed by atoms with Crippen LogP contribution in [-0.2, 0) is 11.3 Å². The van der Waals surface area contributed by atoms with Gasteiger partial charge in [-0.3, -0.25) is 9.69 Å². The molecule has 1 N–H and O–H groups in total. The second-order valence-electron chi connectivity index (χ2n) is 7.75. The molecule has 2 aliphatic rings. The summed E-state index contributed by atoms with van der Waals surface area (Å²) < 4.78 is 5.40. The summed E-state index contributed by atoms with van der Waals surface area (Å²) in [6, 6.07) is 13.6. The predicted octanol–water partition coefficient (Wildman–Crippen LogP) is 4.41. The van der Waals surface area contributed by atoms with Crippen molar-refractivity contribution < 1.29 is 9.53 Å². The van der Waals surface area contributed by atoms with Crippen LogP contribution in [0.5, 0.6) is 0 Å². The minimum absolute atomic E-state index is 0.108. The molecule has 2 aromatic carbocycles. The van der Waals surface area contributed by atoms with Crippen LogP contribution in [0.2, 0.25) is 5.02 Å². The molecule has 1 amide bonds. The highest BCUT2D eigenvalue weighted by Gasteiger charge is 2.17. The third-order valence-corrected chi connectivity index (χ3v) is 5.86. The molecule has 4 rings (SSSR count). The first kappa shape index (κ1) is 20.2. The van der Waals surface area contributed by atoms with Crippen molar-refractivity contribution >= 4 is 28.9 Å². The number of nitrogens with one attached hydrogen (secondary N) is 1. The van der Waals surface area contributed by atoms with Crippen molar-refractivity contribution in [3.8, 4) is 0 Å². The van der Waals surface area contributed by atoms with Gasteiger partial charge in [-0.1, -0.05) is 23.7 Å². The molecule has 2 saturated heterocycles. The fourth-order valence-electron chi connectivity index (χ4n) is 3.99. The predicted molar refractivity (Wildman–Crippen MR) is 118 cm³/mol. The highest BCUT2D eigenvalue weighted by atomic mass is 35.5. The largest absolute Gasteiger partial charge is 0.379 e. The standard InChI is InChI=1S/C23H28ClN3O2/c24-20-8-9-22(27-10-2-1-3-11-27)21(16-20)25-23(28)19-6-4-18(5-7-19)17-26-12-14-29-15-13-26/h4-9,16H,1-3,10-15,17H2,(H,25,28). The van der Waals surface area contributed by atoms with E-state index in [1.165, 1.54) is 24.8 Å². The lowest BCUT2D eigenvalue weighted by molar-refractivity contribution is 0.0342. The Labute approximate surface area is 177 Å².